The number of rotatable bonds is 3. The molecule has 2 N–H and O–H groups in total. The predicted molar refractivity (Wildman–Crippen MR) is 78.4 cm³/mol. The molecule has 1 amide bonds. The van der Waals surface area contributed by atoms with Gasteiger partial charge in [-0.25, -0.2) is 0 Å². The summed E-state index contributed by atoms with van der Waals surface area (Å²) in [6, 6.07) is 9.02. The van der Waals surface area contributed by atoms with Gasteiger partial charge in [-0.2, -0.15) is 0 Å². The highest BCUT2D eigenvalue weighted by Gasteiger charge is 2.09. The molecular formula is C13H13BrN4O. The van der Waals surface area contributed by atoms with E-state index in [1.54, 1.807) is 19.2 Å². The number of anilines is 2. The lowest BCUT2D eigenvalue weighted by Crippen LogP contribution is -2.14. The van der Waals surface area contributed by atoms with Crippen LogP contribution in [0.1, 0.15) is 16.1 Å². The SMILES string of the molecule is CNc1ccc(C(=O)Nc2cc(C)cc(Br)c2)nn1. The summed E-state index contributed by atoms with van der Waals surface area (Å²) in [4.78, 5) is 12.0. The van der Waals surface area contributed by atoms with Crippen LogP contribution in [0, 0.1) is 6.92 Å². The first-order valence-electron chi connectivity index (χ1n) is 5.68. The summed E-state index contributed by atoms with van der Waals surface area (Å²) < 4.78 is 0.916. The van der Waals surface area contributed by atoms with Gasteiger partial charge in [0, 0.05) is 17.2 Å². The Morgan fingerprint density at radius 2 is 2.00 bits per heavy atom. The molecule has 19 heavy (non-hydrogen) atoms. The Morgan fingerprint density at radius 1 is 1.21 bits per heavy atom. The molecule has 0 bridgehead atoms. The van der Waals surface area contributed by atoms with Crippen LogP contribution in [-0.2, 0) is 0 Å². The summed E-state index contributed by atoms with van der Waals surface area (Å²) in [5, 5.41) is 13.3. The normalized spacial score (nSPS) is 10.1. The second-order valence-electron chi connectivity index (χ2n) is 4.03. The van der Waals surface area contributed by atoms with E-state index in [1.165, 1.54) is 0 Å². The molecule has 98 valence electrons. The summed E-state index contributed by atoms with van der Waals surface area (Å²) in [6.45, 7) is 1.96. The Labute approximate surface area is 119 Å². The topological polar surface area (TPSA) is 66.9 Å². The quantitative estimate of drug-likeness (QED) is 0.912. The molecule has 1 aromatic carbocycles. The van der Waals surface area contributed by atoms with Crippen LogP contribution >= 0.6 is 15.9 Å². The summed E-state index contributed by atoms with van der Waals surface area (Å²) in [5.41, 5.74) is 2.05. The number of carbonyl (C=O) groups excluding carboxylic acids is 1. The van der Waals surface area contributed by atoms with E-state index in [0.29, 0.717) is 5.82 Å². The van der Waals surface area contributed by atoms with Crippen LogP contribution in [0.5, 0.6) is 0 Å². The monoisotopic (exact) mass is 320 g/mol. The van der Waals surface area contributed by atoms with Gasteiger partial charge in [0.25, 0.3) is 5.91 Å². The van der Waals surface area contributed by atoms with Crippen LogP contribution in [0.2, 0.25) is 0 Å². The highest BCUT2D eigenvalue weighted by Crippen LogP contribution is 2.19. The largest absolute Gasteiger partial charge is 0.372 e. The number of amides is 1. The average Bonchev–Trinajstić information content (AvgIpc) is 2.37. The van der Waals surface area contributed by atoms with E-state index >= 15 is 0 Å². The van der Waals surface area contributed by atoms with Gasteiger partial charge < -0.3 is 10.6 Å². The third-order valence-corrected chi connectivity index (χ3v) is 2.91. The van der Waals surface area contributed by atoms with Crippen LogP contribution in [-0.4, -0.2) is 23.2 Å². The van der Waals surface area contributed by atoms with Crippen LogP contribution in [0.4, 0.5) is 11.5 Å². The third-order valence-electron chi connectivity index (χ3n) is 2.45. The number of hydrogen-bond donors (Lipinski definition) is 2. The van der Waals surface area contributed by atoms with Crippen LogP contribution in [0.3, 0.4) is 0 Å². The van der Waals surface area contributed by atoms with Gasteiger partial charge in [-0.3, -0.25) is 4.79 Å². The smallest absolute Gasteiger partial charge is 0.276 e. The van der Waals surface area contributed by atoms with E-state index in [0.717, 1.165) is 15.7 Å². The molecular weight excluding hydrogens is 308 g/mol. The van der Waals surface area contributed by atoms with E-state index in [-0.39, 0.29) is 11.6 Å². The number of aryl methyl sites for hydroxylation is 1. The molecule has 2 rings (SSSR count). The number of hydrogen-bond acceptors (Lipinski definition) is 4. The zero-order valence-electron chi connectivity index (χ0n) is 10.6. The van der Waals surface area contributed by atoms with Gasteiger partial charge in [0.1, 0.15) is 5.82 Å². The Balaban J connectivity index is 2.15. The first-order valence-corrected chi connectivity index (χ1v) is 6.48. The molecule has 6 heteroatoms. The molecule has 0 atom stereocenters. The lowest BCUT2D eigenvalue weighted by molar-refractivity contribution is 0.102. The van der Waals surface area contributed by atoms with Gasteiger partial charge in [-0.05, 0) is 42.8 Å². The maximum absolute atomic E-state index is 12.0. The Morgan fingerprint density at radius 3 is 2.58 bits per heavy atom. The molecule has 1 heterocycles. The summed E-state index contributed by atoms with van der Waals surface area (Å²) >= 11 is 3.39. The van der Waals surface area contributed by atoms with E-state index in [4.69, 9.17) is 0 Å². The highest BCUT2D eigenvalue weighted by atomic mass is 79.9. The van der Waals surface area contributed by atoms with Gasteiger partial charge in [0.05, 0.1) is 0 Å². The van der Waals surface area contributed by atoms with Crippen molar-refractivity contribution in [3.63, 3.8) is 0 Å². The fourth-order valence-corrected chi connectivity index (χ4v) is 2.20. The van der Waals surface area contributed by atoms with Gasteiger partial charge in [0.15, 0.2) is 5.69 Å². The fourth-order valence-electron chi connectivity index (χ4n) is 1.59. The van der Waals surface area contributed by atoms with E-state index in [2.05, 4.69) is 36.8 Å². The molecule has 0 aliphatic carbocycles. The second-order valence-corrected chi connectivity index (χ2v) is 4.94. The lowest BCUT2D eigenvalue weighted by Gasteiger charge is -2.06. The number of carbonyl (C=O) groups is 1. The number of nitrogens with one attached hydrogen (secondary N) is 2. The van der Waals surface area contributed by atoms with Crippen molar-refractivity contribution in [1.29, 1.82) is 0 Å². The Kier molecular flexibility index (Phi) is 4.11. The number of benzene rings is 1. The van der Waals surface area contributed by atoms with Gasteiger partial charge >= 0.3 is 0 Å². The standard InChI is InChI=1S/C13H13BrN4O/c1-8-5-9(14)7-10(6-8)16-13(19)11-3-4-12(15-2)18-17-11/h3-7H,1-2H3,(H,15,18)(H,16,19). The maximum atomic E-state index is 12.0. The van der Waals surface area contributed by atoms with Crippen molar-refractivity contribution in [2.45, 2.75) is 6.92 Å². The van der Waals surface area contributed by atoms with Crippen LogP contribution in [0.15, 0.2) is 34.8 Å². The zero-order valence-corrected chi connectivity index (χ0v) is 12.2. The van der Waals surface area contributed by atoms with Crippen molar-refractivity contribution in [2.75, 3.05) is 17.7 Å². The molecule has 0 fully saturated rings. The summed E-state index contributed by atoms with van der Waals surface area (Å²) in [6.07, 6.45) is 0. The second kappa shape index (κ2) is 5.79. The van der Waals surface area contributed by atoms with Gasteiger partial charge in [0.2, 0.25) is 0 Å². The number of aromatic nitrogens is 2. The molecule has 0 aliphatic rings. The third kappa shape index (κ3) is 3.51. The van der Waals surface area contributed by atoms with Crippen molar-refractivity contribution in [1.82, 2.24) is 10.2 Å². The maximum Gasteiger partial charge on any atom is 0.276 e. The van der Waals surface area contributed by atoms with E-state index in [9.17, 15) is 4.79 Å². The van der Waals surface area contributed by atoms with Gasteiger partial charge in [-0.15, -0.1) is 10.2 Å². The van der Waals surface area contributed by atoms with E-state index in [1.807, 2.05) is 25.1 Å². The van der Waals surface area contributed by atoms with Gasteiger partial charge in [-0.1, -0.05) is 15.9 Å². The van der Waals surface area contributed by atoms with Crippen molar-refractivity contribution in [3.8, 4) is 0 Å². The van der Waals surface area contributed by atoms with Crippen LogP contribution < -0.4 is 10.6 Å². The molecule has 1 aromatic heterocycles. The molecule has 0 saturated carbocycles. The summed E-state index contributed by atoms with van der Waals surface area (Å²) in [5.74, 6) is 0.336. The molecule has 0 aliphatic heterocycles. The van der Waals surface area contributed by atoms with E-state index < -0.39 is 0 Å². The highest BCUT2D eigenvalue weighted by molar-refractivity contribution is 9.10. The number of halogens is 1. The molecule has 2 aromatic rings. The minimum Gasteiger partial charge on any atom is -0.372 e. The molecule has 0 saturated heterocycles. The van der Waals surface area contributed by atoms with Crippen molar-refractivity contribution < 1.29 is 4.79 Å². The van der Waals surface area contributed by atoms with Crippen LogP contribution in [0.25, 0.3) is 0 Å². The molecule has 0 unspecified atom stereocenters. The van der Waals surface area contributed by atoms with Crippen molar-refractivity contribution >= 4 is 33.3 Å². The fraction of sp³-hybridized carbons (Fsp3) is 0.154. The van der Waals surface area contributed by atoms with Crippen molar-refractivity contribution in [2.24, 2.45) is 0 Å². The number of nitrogens with zero attached hydrogens (tertiary/aromatic N) is 2. The van der Waals surface area contributed by atoms with Crippen molar-refractivity contribution in [3.05, 3.63) is 46.1 Å². The summed E-state index contributed by atoms with van der Waals surface area (Å²) in [7, 11) is 1.74. The minimum atomic E-state index is -0.285. The molecule has 0 spiro atoms. The first kappa shape index (κ1) is 13.5. The molecule has 0 radical (unpaired) electrons. The molecule has 5 nitrogen and oxygen atoms in total. The lowest BCUT2D eigenvalue weighted by atomic mass is 10.2. The Bertz CT molecular complexity index is 578. The first-order chi connectivity index (χ1) is 9.08. The zero-order chi connectivity index (χ0) is 13.8. The minimum absolute atomic E-state index is 0.275. The predicted octanol–water partition coefficient (Wildman–Crippen LogP) is 2.84. The Hall–Kier alpha value is -1.95. The average molecular weight is 321 g/mol.